The number of hydrogen-bond acceptors (Lipinski definition) is 4. The molecule has 2 fully saturated rings. The van der Waals surface area contributed by atoms with Gasteiger partial charge in [0.05, 0.1) is 6.54 Å². The molecule has 2 saturated carbocycles. The van der Waals surface area contributed by atoms with Crippen LogP contribution in [0, 0.1) is 0 Å². The van der Waals surface area contributed by atoms with E-state index < -0.39 is 0 Å². The van der Waals surface area contributed by atoms with Crippen LogP contribution < -0.4 is 0 Å². The summed E-state index contributed by atoms with van der Waals surface area (Å²) in [5, 5.41) is 4.06. The summed E-state index contributed by atoms with van der Waals surface area (Å²) in [5.74, 6) is 2.31. The number of aromatic nitrogens is 2. The zero-order valence-electron chi connectivity index (χ0n) is 10.6. The van der Waals surface area contributed by atoms with Crippen LogP contribution in [0.15, 0.2) is 4.52 Å². The van der Waals surface area contributed by atoms with E-state index in [1.807, 2.05) is 0 Å². The zero-order chi connectivity index (χ0) is 11.7. The molecule has 2 aliphatic rings. The average molecular weight is 235 g/mol. The summed E-state index contributed by atoms with van der Waals surface area (Å²) in [6.07, 6.45) is 9.24. The SMILES string of the molecule is CN(Cc1nc(C2CC2)no1)C1CCCCC1. The molecular formula is C13H21N3O. The maximum Gasteiger partial charge on any atom is 0.240 e. The molecule has 94 valence electrons. The van der Waals surface area contributed by atoms with Crippen molar-refractivity contribution in [3.8, 4) is 0 Å². The third-order valence-corrected chi connectivity index (χ3v) is 4.01. The van der Waals surface area contributed by atoms with Crippen molar-refractivity contribution in [2.75, 3.05) is 7.05 Å². The Labute approximate surface area is 102 Å². The van der Waals surface area contributed by atoms with Crippen LogP contribution in [0.1, 0.15) is 62.6 Å². The molecule has 0 spiro atoms. The molecule has 4 heteroatoms. The summed E-state index contributed by atoms with van der Waals surface area (Å²) in [6.45, 7) is 0.810. The van der Waals surface area contributed by atoms with E-state index in [1.165, 1.54) is 44.9 Å². The van der Waals surface area contributed by atoms with E-state index in [1.54, 1.807) is 0 Å². The second-order valence-corrected chi connectivity index (χ2v) is 5.53. The highest BCUT2D eigenvalue weighted by Crippen LogP contribution is 2.38. The predicted octanol–water partition coefficient (Wildman–Crippen LogP) is 2.71. The Hall–Kier alpha value is -0.900. The maximum atomic E-state index is 5.32. The summed E-state index contributed by atoms with van der Waals surface area (Å²) in [7, 11) is 2.18. The average Bonchev–Trinajstić information content (AvgIpc) is 3.12. The van der Waals surface area contributed by atoms with E-state index in [-0.39, 0.29) is 0 Å². The second kappa shape index (κ2) is 4.77. The summed E-state index contributed by atoms with van der Waals surface area (Å²) in [4.78, 5) is 6.87. The molecule has 2 aliphatic carbocycles. The van der Waals surface area contributed by atoms with Crippen molar-refractivity contribution >= 4 is 0 Å². The summed E-state index contributed by atoms with van der Waals surface area (Å²) in [5.41, 5.74) is 0. The summed E-state index contributed by atoms with van der Waals surface area (Å²) < 4.78 is 5.32. The van der Waals surface area contributed by atoms with Gasteiger partial charge in [-0.15, -0.1) is 0 Å². The van der Waals surface area contributed by atoms with Gasteiger partial charge in [-0.2, -0.15) is 4.98 Å². The van der Waals surface area contributed by atoms with E-state index in [0.29, 0.717) is 12.0 Å². The normalized spacial score (nSPS) is 22.2. The fourth-order valence-corrected chi connectivity index (χ4v) is 2.70. The number of hydrogen-bond donors (Lipinski definition) is 0. The topological polar surface area (TPSA) is 42.2 Å². The van der Waals surface area contributed by atoms with E-state index >= 15 is 0 Å². The van der Waals surface area contributed by atoms with Gasteiger partial charge in [-0.05, 0) is 32.7 Å². The third-order valence-electron chi connectivity index (χ3n) is 4.01. The lowest BCUT2D eigenvalue weighted by molar-refractivity contribution is 0.165. The van der Waals surface area contributed by atoms with Crippen LogP contribution in [0.2, 0.25) is 0 Å². The van der Waals surface area contributed by atoms with Crippen LogP contribution in [-0.4, -0.2) is 28.1 Å². The fourth-order valence-electron chi connectivity index (χ4n) is 2.70. The van der Waals surface area contributed by atoms with Crippen molar-refractivity contribution in [2.24, 2.45) is 0 Å². The first kappa shape index (κ1) is 11.2. The lowest BCUT2D eigenvalue weighted by Gasteiger charge is -2.29. The van der Waals surface area contributed by atoms with Gasteiger partial charge < -0.3 is 4.52 Å². The minimum Gasteiger partial charge on any atom is -0.338 e. The van der Waals surface area contributed by atoms with Gasteiger partial charge in [-0.1, -0.05) is 24.4 Å². The molecule has 0 aromatic carbocycles. The summed E-state index contributed by atoms with van der Waals surface area (Å²) >= 11 is 0. The van der Waals surface area contributed by atoms with Crippen LogP contribution in [0.3, 0.4) is 0 Å². The van der Waals surface area contributed by atoms with Crippen LogP contribution in [-0.2, 0) is 6.54 Å². The van der Waals surface area contributed by atoms with Crippen LogP contribution >= 0.6 is 0 Å². The lowest BCUT2D eigenvalue weighted by atomic mass is 9.94. The van der Waals surface area contributed by atoms with Gasteiger partial charge in [0, 0.05) is 12.0 Å². The number of rotatable bonds is 4. The zero-order valence-corrected chi connectivity index (χ0v) is 10.6. The molecule has 0 N–H and O–H groups in total. The first-order valence-electron chi connectivity index (χ1n) is 6.85. The number of nitrogens with zero attached hydrogens (tertiary/aromatic N) is 3. The molecule has 3 rings (SSSR count). The van der Waals surface area contributed by atoms with Gasteiger partial charge in [0.25, 0.3) is 0 Å². The quantitative estimate of drug-likeness (QED) is 0.804. The molecule has 0 atom stereocenters. The second-order valence-electron chi connectivity index (χ2n) is 5.53. The molecular weight excluding hydrogens is 214 g/mol. The Balaban J connectivity index is 1.56. The molecule has 0 saturated heterocycles. The molecule has 0 bridgehead atoms. The fraction of sp³-hybridized carbons (Fsp3) is 0.846. The van der Waals surface area contributed by atoms with Crippen molar-refractivity contribution in [1.29, 1.82) is 0 Å². The van der Waals surface area contributed by atoms with Crippen LogP contribution in [0.25, 0.3) is 0 Å². The first-order chi connectivity index (χ1) is 8.33. The minimum absolute atomic E-state index is 0.590. The molecule has 17 heavy (non-hydrogen) atoms. The predicted molar refractivity (Wildman–Crippen MR) is 64.6 cm³/mol. The van der Waals surface area contributed by atoms with Crippen molar-refractivity contribution in [3.05, 3.63) is 11.7 Å². The van der Waals surface area contributed by atoms with Gasteiger partial charge in [0.2, 0.25) is 5.89 Å². The summed E-state index contributed by atoms with van der Waals surface area (Å²) in [6, 6.07) is 0.708. The van der Waals surface area contributed by atoms with Crippen molar-refractivity contribution in [1.82, 2.24) is 15.0 Å². The highest BCUT2D eigenvalue weighted by molar-refractivity contribution is 5.03. The smallest absolute Gasteiger partial charge is 0.240 e. The molecule has 0 amide bonds. The molecule has 4 nitrogen and oxygen atoms in total. The Morgan fingerprint density at radius 1 is 1.18 bits per heavy atom. The Morgan fingerprint density at radius 3 is 2.65 bits per heavy atom. The molecule has 1 aromatic rings. The Kier molecular flexibility index (Phi) is 3.14. The highest BCUT2D eigenvalue weighted by atomic mass is 16.5. The van der Waals surface area contributed by atoms with Crippen molar-refractivity contribution in [3.63, 3.8) is 0 Å². The van der Waals surface area contributed by atoms with Gasteiger partial charge in [-0.25, -0.2) is 0 Å². The lowest BCUT2D eigenvalue weighted by Crippen LogP contribution is -2.32. The van der Waals surface area contributed by atoms with Crippen molar-refractivity contribution in [2.45, 2.75) is 63.5 Å². The molecule has 0 radical (unpaired) electrons. The van der Waals surface area contributed by atoms with E-state index in [2.05, 4.69) is 22.1 Å². The maximum absolute atomic E-state index is 5.32. The standard InChI is InChI=1S/C13H21N3O/c1-16(11-5-3-2-4-6-11)9-12-14-13(15-17-12)10-7-8-10/h10-11H,2-9H2,1H3. The third kappa shape index (κ3) is 2.68. The van der Waals surface area contributed by atoms with Crippen LogP contribution in [0.5, 0.6) is 0 Å². The van der Waals surface area contributed by atoms with Gasteiger partial charge in [0.15, 0.2) is 5.82 Å². The van der Waals surface area contributed by atoms with E-state index in [4.69, 9.17) is 4.52 Å². The van der Waals surface area contributed by atoms with E-state index in [9.17, 15) is 0 Å². The Morgan fingerprint density at radius 2 is 1.94 bits per heavy atom. The minimum atomic E-state index is 0.590. The van der Waals surface area contributed by atoms with Gasteiger partial charge in [0.1, 0.15) is 0 Å². The van der Waals surface area contributed by atoms with Gasteiger partial charge >= 0.3 is 0 Å². The Bertz CT molecular complexity index is 366. The molecule has 1 heterocycles. The first-order valence-corrected chi connectivity index (χ1v) is 6.85. The largest absolute Gasteiger partial charge is 0.338 e. The highest BCUT2D eigenvalue weighted by Gasteiger charge is 2.29. The molecule has 1 aromatic heterocycles. The molecule has 0 aliphatic heterocycles. The monoisotopic (exact) mass is 235 g/mol. The molecule has 0 unspecified atom stereocenters. The van der Waals surface area contributed by atoms with Crippen molar-refractivity contribution < 1.29 is 4.52 Å². The van der Waals surface area contributed by atoms with Crippen LogP contribution in [0.4, 0.5) is 0 Å². The van der Waals surface area contributed by atoms with Gasteiger partial charge in [-0.3, -0.25) is 4.90 Å². The van der Waals surface area contributed by atoms with E-state index in [0.717, 1.165) is 18.3 Å².